The summed E-state index contributed by atoms with van der Waals surface area (Å²) in [4.78, 5) is 34.9. The Morgan fingerprint density at radius 3 is 2.46 bits per heavy atom. The molecule has 1 atom stereocenters. The van der Waals surface area contributed by atoms with Crippen molar-refractivity contribution in [3.05, 3.63) is 59.6 Å². The summed E-state index contributed by atoms with van der Waals surface area (Å²) in [5, 5.41) is 18.4. The normalized spacial score (nSPS) is 15.4. The third-order valence-corrected chi connectivity index (χ3v) is 4.65. The van der Waals surface area contributed by atoms with Gasteiger partial charge in [-0.05, 0) is 23.3 Å². The minimum Gasteiger partial charge on any atom is -0.611 e. The van der Waals surface area contributed by atoms with Crippen LogP contribution in [0.25, 0.3) is 0 Å². The van der Waals surface area contributed by atoms with Gasteiger partial charge in [0.05, 0.1) is 23.0 Å². The Bertz CT molecular complexity index is 764. The van der Waals surface area contributed by atoms with Gasteiger partial charge in [0.25, 0.3) is 0 Å². The Labute approximate surface area is 140 Å². The Balaban J connectivity index is 2.41. The van der Waals surface area contributed by atoms with Crippen LogP contribution in [0.15, 0.2) is 64.5 Å². The molecule has 124 valence electrons. The first kappa shape index (κ1) is 17.6. The number of carbonyl (C=O) groups excluding carboxylic acids is 1. The largest absolute Gasteiger partial charge is 0.611 e. The van der Waals surface area contributed by atoms with Gasteiger partial charge < -0.3 is 19.7 Å². The fraction of sp³-hybridized carbons (Fsp3) is 0.125. The maximum atomic E-state index is 12.5. The van der Waals surface area contributed by atoms with Crippen LogP contribution in [0, 0.1) is 0 Å². The molecule has 7 nitrogen and oxygen atoms in total. The second-order valence-corrected chi connectivity index (χ2v) is 6.27. The third-order valence-electron chi connectivity index (χ3n) is 3.32. The average Bonchev–Trinajstić information content (AvgIpc) is 2.56. The van der Waals surface area contributed by atoms with Crippen molar-refractivity contribution in [3.63, 3.8) is 0 Å². The topological polar surface area (TPSA) is 118 Å². The monoisotopic (exact) mass is 347 g/mol. The number of aliphatic carboxylic acids is 2. The maximum Gasteiger partial charge on any atom is 0.333 e. The van der Waals surface area contributed by atoms with Crippen molar-refractivity contribution in [1.29, 1.82) is 0 Å². The predicted octanol–water partition coefficient (Wildman–Crippen LogP) is 1.15. The smallest absolute Gasteiger partial charge is 0.333 e. The molecule has 0 aromatic heterocycles. The van der Waals surface area contributed by atoms with Crippen LogP contribution in [0.3, 0.4) is 0 Å². The highest BCUT2D eigenvalue weighted by Crippen LogP contribution is 2.28. The summed E-state index contributed by atoms with van der Waals surface area (Å²) in [6.45, 7) is 0. The van der Waals surface area contributed by atoms with Gasteiger partial charge in [-0.1, -0.05) is 18.2 Å². The summed E-state index contributed by atoms with van der Waals surface area (Å²) >= 11 is -1.55. The van der Waals surface area contributed by atoms with Crippen LogP contribution >= 0.6 is 0 Å². The molecule has 0 aliphatic carbocycles. The number of nitrogens with zero attached hydrogens (tertiary/aromatic N) is 1. The van der Waals surface area contributed by atoms with Crippen LogP contribution in [-0.2, 0) is 25.6 Å². The van der Waals surface area contributed by atoms with E-state index >= 15 is 0 Å². The van der Waals surface area contributed by atoms with Crippen molar-refractivity contribution in [2.45, 2.75) is 11.3 Å². The second kappa shape index (κ2) is 7.65. The first-order valence-corrected chi connectivity index (χ1v) is 8.08. The standard InChI is InChI=1S/C16H13NO6S/c18-7-6-17-9-11(15(19)20)8-13(16(21)22)14(17)10-24(23)12-4-2-1-3-5-12/h1-6,9H,8,10H2,(H,19,20)(H,21,22). The summed E-state index contributed by atoms with van der Waals surface area (Å²) in [5.74, 6) is -1.30. The molecule has 0 fully saturated rings. The Morgan fingerprint density at radius 1 is 1.25 bits per heavy atom. The summed E-state index contributed by atoms with van der Waals surface area (Å²) in [6, 6.07) is 8.43. The highest BCUT2D eigenvalue weighted by molar-refractivity contribution is 7.91. The molecular weight excluding hydrogens is 334 g/mol. The van der Waals surface area contributed by atoms with E-state index in [2.05, 4.69) is 0 Å². The Hall–Kier alpha value is -2.80. The highest BCUT2D eigenvalue weighted by atomic mass is 32.2. The number of hydrogen-bond acceptors (Lipinski definition) is 5. The van der Waals surface area contributed by atoms with Crippen molar-refractivity contribution in [2.24, 2.45) is 0 Å². The quantitative estimate of drug-likeness (QED) is 0.585. The molecule has 0 radical (unpaired) electrons. The van der Waals surface area contributed by atoms with E-state index in [1.54, 1.807) is 30.3 Å². The van der Waals surface area contributed by atoms with E-state index in [0.29, 0.717) is 4.90 Å². The fourth-order valence-corrected chi connectivity index (χ4v) is 3.38. The van der Waals surface area contributed by atoms with Crippen molar-refractivity contribution in [1.82, 2.24) is 4.90 Å². The lowest BCUT2D eigenvalue weighted by molar-refractivity contribution is -0.133. The molecule has 8 heteroatoms. The van der Waals surface area contributed by atoms with E-state index in [4.69, 9.17) is 5.11 Å². The molecule has 1 heterocycles. The Morgan fingerprint density at radius 2 is 1.92 bits per heavy atom. The zero-order valence-corrected chi connectivity index (χ0v) is 13.2. The van der Waals surface area contributed by atoms with Crippen LogP contribution in [-0.4, -0.2) is 43.3 Å². The zero-order valence-electron chi connectivity index (χ0n) is 12.3. The Kier molecular flexibility index (Phi) is 5.59. The minimum atomic E-state index is -1.55. The zero-order chi connectivity index (χ0) is 17.7. The third kappa shape index (κ3) is 3.94. The molecule has 2 N–H and O–H groups in total. The molecule has 1 aromatic carbocycles. The molecule has 1 aliphatic rings. The molecule has 0 saturated heterocycles. The summed E-state index contributed by atoms with van der Waals surface area (Å²) < 4.78 is 12.5. The van der Waals surface area contributed by atoms with E-state index in [9.17, 15) is 24.0 Å². The van der Waals surface area contributed by atoms with Gasteiger partial charge in [0.2, 0.25) is 0 Å². The van der Waals surface area contributed by atoms with Gasteiger partial charge in [0.1, 0.15) is 5.94 Å². The van der Waals surface area contributed by atoms with Crippen LogP contribution < -0.4 is 0 Å². The lowest BCUT2D eigenvalue weighted by Gasteiger charge is -2.26. The number of benzene rings is 1. The molecule has 0 saturated carbocycles. The fourth-order valence-electron chi connectivity index (χ4n) is 2.18. The van der Waals surface area contributed by atoms with Crippen LogP contribution in [0.2, 0.25) is 0 Å². The van der Waals surface area contributed by atoms with Crippen LogP contribution in [0.5, 0.6) is 0 Å². The first-order chi connectivity index (χ1) is 11.4. The van der Waals surface area contributed by atoms with Gasteiger partial charge >= 0.3 is 11.9 Å². The summed E-state index contributed by atoms with van der Waals surface area (Å²) in [5.41, 5.74) is -0.308. The van der Waals surface area contributed by atoms with Crippen molar-refractivity contribution < 1.29 is 29.1 Å². The minimum absolute atomic E-state index is 0.0954. The van der Waals surface area contributed by atoms with Gasteiger partial charge in [-0.15, -0.1) is 0 Å². The van der Waals surface area contributed by atoms with Crippen molar-refractivity contribution in [3.8, 4) is 0 Å². The van der Waals surface area contributed by atoms with Gasteiger partial charge in [-0.2, -0.15) is 0 Å². The van der Waals surface area contributed by atoms with E-state index < -0.39 is 23.1 Å². The number of carboxylic acids is 2. The molecule has 2 rings (SSSR count). The molecule has 1 unspecified atom stereocenters. The number of hydrogen-bond donors (Lipinski definition) is 2. The van der Waals surface area contributed by atoms with Crippen molar-refractivity contribution in [2.75, 3.05) is 5.75 Å². The van der Waals surface area contributed by atoms with Gasteiger partial charge in [0.15, 0.2) is 10.6 Å². The second-order valence-electron chi connectivity index (χ2n) is 4.82. The molecule has 1 aliphatic heterocycles. The lowest BCUT2D eigenvalue weighted by atomic mass is 10.0. The molecule has 0 spiro atoms. The van der Waals surface area contributed by atoms with Gasteiger partial charge in [-0.3, -0.25) is 0 Å². The van der Waals surface area contributed by atoms with E-state index in [1.807, 2.05) is 0 Å². The molecule has 0 amide bonds. The lowest BCUT2D eigenvalue weighted by Crippen LogP contribution is -2.28. The van der Waals surface area contributed by atoms with Gasteiger partial charge in [0, 0.05) is 12.6 Å². The van der Waals surface area contributed by atoms with E-state index in [1.165, 1.54) is 5.94 Å². The molecule has 0 bridgehead atoms. The number of rotatable bonds is 6. The average molecular weight is 347 g/mol. The molecule has 1 aromatic rings. The van der Waals surface area contributed by atoms with Crippen molar-refractivity contribution >= 4 is 29.1 Å². The predicted molar refractivity (Wildman–Crippen MR) is 84.8 cm³/mol. The van der Waals surface area contributed by atoms with Crippen LogP contribution in [0.4, 0.5) is 0 Å². The first-order valence-electron chi connectivity index (χ1n) is 6.76. The maximum absolute atomic E-state index is 12.5. The molecule has 24 heavy (non-hydrogen) atoms. The van der Waals surface area contributed by atoms with E-state index in [-0.39, 0.29) is 29.0 Å². The number of carbonyl (C=O) groups is 2. The molecular formula is C16H13NO6S. The van der Waals surface area contributed by atoms with Crippen LogP contribution in [0.1, 0.15) is 6.42 Å². The SMILES string of the molecule is O=C=CN1C=C(C(=O)O)CC(C(=O)O)=C1C[S+]([O-])c1ccccc1. The highest BCUT2D eigenvalue weighted by Gasteiger charge is 2.30. The summed E-state index contributed by atoms with van der Waals surface area (Å²) in [6.07, 6.45) is 1.69. The van der Waals surface area contributed by atoms with Gasteiger partial charge in [-0.25, -0.2) is 14.4 Å². The van der Waals surface area contributed by atoms with E-state index in [0.717, 1.165) is 17.3 Å². The number of carboxylic acid groups (broad SMARTS) is 2. The summed E-state index contributed by atoms with van der Waals surface area (Å²) in [7, 11) is 0.